The number of rotatable bonds is 5. The summed E-state index contributed by atoms with van der Waals surface area (Å²) in [6.07, 6.45) is 3.88. The minimum atomic E-state index is -1.03. The van der Waals surface area contributed by atoms with Crippen LogP contribution in [0.5, 0.6) is 5.75 Å². The summed E-state index contributed by atoms with van der Waals surface area (Å²) in [7, 11) is 0. The van der Waals surface area contributed by atoms with Crippen LogP contribution in [0.25, 0.3) is 0 Å². The number of hydrogen-bond donors (Lipinski definition) is 4. The van der Waals surface area contributed by atoms with Gasteiger partial charge in [0.05, 0.1) is 31.0 Å². The first kappa shape index (κ1) is 26.9. The number of carbonyl (C=O) groups is 2. The van der Waals surface area contributed by atoms with E-state index in [4.69, 9.17) is 15.2 Å². The van der Waals surface area contributed by atoms with E-state index in [0.717, 1.165) is 22.4 Å². The van der Waals surface area contributed by atoms with Gasteiger partial charge in [-0.3, -0.25) is 9.59 Å². The van der Waals surface area contributed by atoms with Crippen LogP contribution in [0, 0.1) is 5.92 Å². The third-order valence-electron chi connectivity index (χ3n) is 6.86. The Kier molecular flexibility index (Phi) is 8.97. The Hall–Kier alpha value is -3.20. The maximum atomic E-state index is 13.0. The number of ether oxygens (including phenoxy) is 2. The molecule has 4 rings (SSSR count). The Morgan fingerprint density at radius 1 is 1.16 bits per heavy atom. The fourth-order valence-corrected chi connectivity index (χ4v) is 4.98. The average molecular weight is 508 g/mol. The van der Waals surface area contributed by atoms with Gasteiger partial charge in [-0.15, -0.1) is 0 Å². The van der Waals surface area contributed by atoms with Gasteiger partial charge < -0.3 is 30.9 Å². The van der Waals surface area contributed by atoms with Crippen molar-refractivity contribution in [3.8, 4) is 5.75 Å². The minimum Gasteiger partial charge on any atom is -0.491 e. The molecule has 1 aliphatic carbocycles. The Morgan fingerprint density at radius 3 is 2.68 bits per heavy atom. The lowest BCUT2D eigenvalue weighted by Gasteiger charge is -2.27. The molecule has 0 radical (unpaired) electrons. The zero-order valence-corrected chi connectivity index (χ0v) is 21.4. The van der Waals surface area contributed by atoms with Crippen LogP contribution in [-0.2, 0) is 20.7 Å². The van der Waals surface area contributed by atoms with E-state index < -0.39 is 29.9 Å². The summed E-state index contributed by atoms with van der Waals surface area (Å²) in [5.41, 5.74) is 8.69. The third kappa shape index (κ3) is 6.97. The van der Waals surface area contributed by atoms with Crippen LogP contribution in [0.3, 0.4) is 0 Å². The molecule has 5 N–H and O–H groups in total. The van der Waals surface area contributed by atoms with Gasteiger partial charge in [-0.25, -0.2) is 0 Å². The van der Waals surface area contributed by atoms with Crippen molar-refractivity contribution in [1.29, 1.82) is 0 Å². The number of fused-ring (bicyclic) bond motifs is 5. The van der Waals surface area contributed by atoms with Gasteiger partial charge >= 0.3 is 0 Å². The van der Waals surface area contributed by atoms with Crippen molar-refractivity contribution in [2.24, 2.45) is 11.7 Å². The van der Waals surface area contributed by atoms with Gasteiger partial charge in [-0.1, -0.05) is 48.6 Å². The predicted octanol–water partition coefficient (Wildman–Crippen LogP) is 2.72. The van der Waals surface area contributed by atoms with E-state index in [0.29, 0.717) is 19.4 Å². The fraction of sp³-hybridized carbons (Fsp3) is 0.448. The van der Waals surface area contributed by atoms with Gasteiger partial charge in [0.1, 0.15) is 11.7 Å². The summed E-state index contributed by atoms with van der Waals surface area (Å²) < 4.78 is 12.1. The number of amides is 2. The van der Waals surface area contributed by atoms with Crippen LogP contribution in [0.1, 0.15) is 55.5 Å². The lowest BCUT2D eigenvalue weighted by Crippen LogP contribution is -2.52. The molecule has 2 amide bonds. The summed E-state index contributed by atoms with van der Waals surface area (Å²) >= 11 is 0. The highest BCUT2D eigenvalue weighted by Gasteiger charge is 2.34. The second-order valence-corrected chi connectivity index (χ2v) is 10.0. The summed E-state index contributed by atoms with van der Waals surface area (Å²) in [5.74, 6) is -1.43. The van der Waals surface area contributed by atoms with Crippen molar-refractivity contribution in [2.75, 3.05) is 13.2 Å². The fourth-order valence-electron chi connectivity index (χ4n) is 4.98. The molecule has 1 heterocycles. The van der Waals surface area contributed by atoms with Gasteiger partial charge in [0.25, 0.3) is 0 Å². The zero-order valence-electron chi connectivity index (χ0n) is 21.4. The molecule has 2 aromatic carbocycles. The van der Waals surface area contributed by atoms with Crippen LogP contribution in [0.15, 0.2) is 60.7 Å². The van der Waals surface area contributed by atoms with Gasteiger partial charge in [-0.05, 0) is 61.9 Å². The first-order valence-corrected chi connectivity index (χ1v) is 12.9. The second-order valence-electron chi connectivity index (χ2n) is 10.0. The highest BCUT2D eigenvalue weighted by molar-refractivity contribution is 5.99. The molecule has 0 fully saturated rings. The molecule has 0 spiro atoms. The van der Waals surface area contributed by atoms with Gasteiger partial charge in [0, 0.05) is 12.6 Å². The Labute approximate surface area is 218 Å². The van der Waals surface area contributed by atoms with E-state index in [2.05, 4.69) is 10.6 Å². The molecule has 2 aliphatic rings. The molecule has 0 aromatic heterocycles. The summed E-state index contributed by atoms with van der Waals surface area (Å²) in [6.45, 7) is 4.56. The largest absolute Gasteiger partial charge is 0.491 e. The number of β-amino-alcohol motifs (C(OH)–C–C–N with tert-alkyl or cyclic N) is 1. The molecule has 2 bridgehead atoms. The molecule has 198 valence electrons. The molecule has 8 heteroatoms. The quantitative estimate of drug-likeness (QED) is 0.365. The molecule has 2 aromatic rings. The Bertz CT molecular complexity index is 1100. The Balaban J connectivity index is 1.61. The second kappa shape index (κ2) is 12.4. The molecule has 8 nitrogen and oxygen atoms in total. The average Bonchev–Trinajstić information content (AvgIpc) is 3.20. The predicted molar refractivity (Wildman–Crippen MR) is 141 cm³/mol. The van der Waals surface area contributed by atoms with Crippen molar-refractivity contribution in [3.63, 3.8) is 0 Å². The number of aliphatic hydroxyl groups is 1. The highest BCUT2D eigenvalue weighted by Crippen LogP contribution is 2.42. The number of aliphatic hydroxyl groups excluding tert-OH is 1. The topological polar surface area (TPSA) is 123 Å². The van der Waals surface area contributed by atoms with E-state index in [-0.39, 0.29) is 31.2 Å². The monoisotopic (exact) mass is 507 g/mol. The van der Waals surface area contributed by atoms with Crippen molar-refractivity contribution in [2.45, 2.75) is 63.5 Å². The number of benzene rings is 2. The maximum absolute atomic E-state index is 13.0. The van der Waals surface area contributed by atoms with Gasteiger partial charge in [-0.2, -0.15) is 0 Å². The van der Waals surface area contributed by atoms with Crippen molar-refractivity contribution in [3.05, 3.63) is 77.4 Å². The SMILES string of the molecule is CC(C)Oc1ccc2c(c1)[C@@H]1C[C@H]2OC/C=C/C[C@@H](C(N)=O)C(=O)N[C@@H](Cc2ccccc2)[C@H](O)CN1. The highest BCUT2D eigenvalue weighted by atomic mass is 16.5. The normalized spacial score (nSPS) is 27.5. The molecule has 5 atom stereocenters. The number of primary amides is 1. The van der Waals surface area contributed by atoms with E-state index in [1.807, 2.05) is 68.5 Å². The molecule has 37 heavy (non-hydrogen) atoms. The van der Waals surface area contributed by atoms with E-state index in [9.17, 15) is 14.7 Å². The van der Waals surface area contributed by atoms with Gasteiger partial charge in [0.2, 0.25) is 11.8 Å². The molecule has 0 unspecified atom stereocenters. The summed E-state index contributed by atoms with van der Waals surface area (Å²) in [5, 5.41) is 17.6. The van der Waals surface area contributed by atoms with Crippen LogP contribution >= 0.6 is 0 Å². The maximum Gasteiger partial charge on any atom is 0.233 e. The number of hydrogen-bond acceptors (Lipinski definition) is 6. The molecular weight excluding hydrogens is 470 g/mol. The van der Waals surface area contributed by atoms with Gasteiger partial charge in [0.15, 0.2) is 0 Å². The number of nitrogens with one attached hydrogen (secondary N) is 2. The lowest BCUT2D eigenvalue weighted by atomic mass is 9.98. The smallest absolute Gasteiger partial charge is 0.233 e. The first-order valence-electron chi connectivity index (χ1n) is 12.9. The number of nitrogens with two attached hydrogens (primary N) is 1. The third-order valence-corrected chi connectivity index (χ3v) is 6.86. The van der Waals surface area contributed by atoms with Crippen molar-refractivity contribution < 1.29 is 24.2 Å². The summed E-state index contributed by atoms with van der Waals surface area (Å²) in [4.78, 5) is 25.1. The number of allylic oxidation sites excluding steroid dienone is 1. The minimum absolute atomic E-state index is 0.0501. The van der Waals surface area contributed by atoms with Crippen molar-refractivity contribution >= 4 is 11.8 Å². The standard InChI is InChI=1S/C29H37N3O5/c1-18(2)37-20-11-12-21-23(15-20)24-16-27(21)36-13-7-6-10-22(28(30)34)29(35)32-25(26(33)17-31-24)14-19-8-4-3-5-9-19/h3-9,11-12,15,18,22,24-27,31,33H,10,13-14,16-17H2,1-2H3,(H2,30,34)(H,32,35)/b7-6+/t22-,24-,25-,26+,27+/m0/s1. The van der Waals surface area contributed by atoms with Crippen LogP contribution in [-0.4, -0.2) is 48.3 Å². The van der Waals surface area contributed by atoms with E-state index in [1.54, 1.807) is 6.08 Å². The van der Waals surface area contributed by atoms with Crippen LogP contribution in [0.4, 0.5) is 0 Å². The van der Waals surface area contributed by atoms with Crippen LogP contribution in [0.2, 0.25) is 0 Å². The zero-order chi connectivity index (χ0) is 26.4. The van der Waals surface area contributed by atoms with Crippen molar-refractivity contribution in [1.82, 2.24) is 10.6 Å². The molecular formula is C29H37N3O5. The van der Waals surface area contributed by atoms with Crippen LogP contribution < -0.4 is 21.1 Å². The Morgan fingerprint density at radius 2 is 1.95 bits per heavy atom. The summed E-state index contributed by atoms with van der Waals surface area (Å²) in [6, 6.07) is 15.0. The molecule has 0 saturated heterocycles. The number of carbonyl (C=O) groups excluding carboxylic acids is 2. The molecule has 1 aliphatic heterocycles. The van der Waals surface area contributed by atoms with E-state index in [1.165, 1.54) is 0 Å². The molecule has 0 saturated carbocycles. The van der Waals surface area contributed by atoms with E-state index >= 15 is 0 Å². The first-order chi connectivity index (χ1) is 17.8. The lowest BCUT2D eigenvalue weighted by molar-refractivity contribution is -0.134.